The Balaban J connectivity index is 2.55. The highest BCUT2D eigenvalue weighted by molar-refractivity contribution is 5.26. The fourth-order valence-electron chi connectivity index (χ4n) is 2.14. The summed E-state index contributed by atoms with van der Waals surface area (Å²) in [7, 11) is 0. The van der Waals surface area contributed by atoms with Gasteiger partial charge in [0.05, 0.1) is 5.60 Å². The molecule has 1 heteroatoms. The lowest BCUT2D eigenvalue weighted by Gasteiger charge is -2.24. The van der Waals surface area contributed by atoms with E-state index in [1.807, 2.05) is 6.92 Å². The number of benzene rings is 1. The van der Waals surface area contributed by atoms with Crippen LogP contribution in [0.4, 0.5) is 0 Å². The highest BCUT2D eigenvalue weighted by Crippen LogP contribution is 2.27. The molecule has 0 saturated carbocycles. The van der Waals surface area contributed by atoms with Gasteiger partial charge in [-0.05, 0) is 30.9 Å². The SMILES string of the molecule is CCCCCCC(C)(O)c1ccc(CC)cc1. The predicted octanol–water partition coefficient (Wildman–Crippen LogP) is 4.43. The molecule has 1 N–H and O–H groups in total. The van der Waals surface area contributed by atoms with E-state index >= 15 is 0 Å². The normalized spacial score (nSPS) is 14.6. The molecule has 1 aromatic carbocycles. The molecule has 0 heterocycles. The van der Waals surface area contributed by atoms with Crippen molar-refractivity contribution in [3.8, 4) is 0 Å². The second kappa shape index (κ2) is 6.80. The summed E-state index contributed by atoms with van der Waals surface area (Å²) < 4.78 is 0. The first kappa shape index (κ1) is 14.2. The number of aryl methyl sites for hydroxylation is 1. The van der Waals surface area contributed by atoms with Gasteiger partial charge in [0.1, 0.15) is 0 Å². The van der Waals surface area contributed by atoms with Gasteiger partial charge in [-0.25, -0.2) is 0 Å². The Labute approximate surface area is 106 Å². The lowest BCUT2D eigenvalue weighted by Crippen LogP contribution is -2.20. The Morgan fingerprint density at radius 2 is 1.65 bits per heavy atom. The van der Waals surface area contributed by atoms with Gasteiger partial charge in [0, 0.05) is 0 Å². The van der Waals surface area contributed by atoms with Gasteiger partial charge in [-0.15, -0.1) is 0 Å². The molecule has 0 amide bonds. The Kier molecular flexibility index (Phi) is 5.70. The van der Waals surface area contributed by atoms with Crippen molar-refractivity contribution in [1.82, 2.24) is 0 Å². The Bertz CT molecular complexity index is 311. The second-order valence-electron chi connectivity index (χ2n) is 5.13. The zero-order valence-electron chi connectivity index (χ0n) is 11.5. The van der Waals surface area contributed by atoms with E-state index in [-0.39, 0.29) is 0 Å². The van der Waals surface area contributed by atoms with Crippen molar-refractivity contribution in [2.75, 3.05) is 0 Å². The molecule has 0 fully saturated rings. The van der Waals surface area contributed by atoms with Crippen LogP contribution < -0.4 is 0 Å². The van der Waals surface area contributed by atoms with Gasteiger partial charge in [-0.3, -0.25) is 0 Å². The van der Waals surface area contributed by atoms with Crippen LogP contribution in [0.2, 0.25) is 0 Å². The fraction of sp³-hybridized carbons (Fsp3) is 0.625. The molecule has 1 atom stereocenters. The molecule has 0 aliphatic heterocycles. The van der Waals surface area contributed by atoms with E-state index < -0.39 is 5.60 Å². The number of hydrogen-bond donors (Lipinski definition) is 1. The van der Waals surface area contributed by atoms with Crippen LogP contribution in [0.5, 0.6) is 0 Å². The maximum atomic E-state index is 10.4. The van der Waals surface area contributed by atoms with Gasteiger partial charge in [0.2, 0.25) is 0 Å². The largest absolute Gasteiger partial charge is 0.385 e. The number of unbranched alkanes of at least 4 members (excludes halogenated alkanes) is 3. The van der Waals surface area contributed by atoms with Gasteiger partial charge in [0.15, 0.2) is 0 Å². The summed E-state index contributed by atoms with van der Waals surface area (Å²) in [5.41, 5.74) is 1.71. The third kappa shape index (κ3) is 4.51. The summed E-state index contributed by atoms with van der Waals surface area (Å²) >= 11 is 0. The van der Waals surface area contributed by atoms with Crippen LogP contribution in [0, 0.1) is 0 Å². The van der Waals surface area contributed by atoms with Crippen LogP contribution in [0.3, 0.4) is 0 Å². The van der Waals surface area contributed by atoms with Gasteiger partial charge in [-0.1, -0.05) is 63.8 Å². The molecule has 1 rings (SSSR count). The van der Waals surface area contributed by atoms with E-state index in [4.69, 9.17) is 0 Å². The summed E-state index contributed by atoms with van der Waals surface area (Å²) in [5, 5.41) is 10.4. The monoisotopic (exact) mass is 234 g/mol. The molecule has 0 bridgehead atoms. The lowest BCUT2D eigenvalue weighted by atomic mass is 9.89. The molecule has 0 aromatic heterocycles. The summed E-state index contributed by atoms with van der Waals surface area (Å²) in [6.07, 6.45) is 6.76. The number of rotatable bonds is 7. The van der Waals surface area contributed by atoms with Crippen molar-refractivity contribution >= 4 is 0 Å². The van der Waals surface area contributed by atoms with Gasteiger partial charge < -0.3 is 5.11 Å². The van der Waals surface area contributed by atoms with Crippen molar-refractivity contribution in [3.05, 3.63) is 35.4 Å². The molecular weight excluding hydrogens is 208 g/mol. The second-order valence-corrected chi connectivity index (χ2v) is 5.13. The standard InChI is InChI=1S/C16H26O/c1-4-6-7-8-13-16(3,17)15-11-9-14(5-2)10-12-15/h9-12,17H,4-8,13H2,1-3H3. The highest BCUT2D eigenvalue weighted by atomic mass is 16.3. The van der Waals surface area contributed by atoms with E-state index in [1.165, 1.54) is 24.8 Å². The summed E-state index contributed by atoms with van der Waals surface area (Å²) in [4.78, 5) is 0. The van der Waals surface area contributed by atoms with Crippen molar-refractivity contribution in [1.29, 1.82) is 0 Å². The van der Waals surface area contributed by atoms with E-state index in [0.29, 0.717) is 0 Å². The van der Waals surface area contributed by atoms with Crippen LogP contribution in [0.15, 0.2) is 24.3 Å². The molecule has 1 unspecified atom stereocenters. The Morgan fingerprint density at radius 3 is 2.18 bits per heavy atom. The van der Waals surface area contributed by atoms with Crippen LogP contribution in [0.25, 0.3) is 0 Å². The van der Waals surface area contributed by atoms with E-state index in [0.717, 1.165) is 24.8 Å². The molecular formula is C16H26O. The maximum Gasteiger partial charge on any atom is 0.0868 e. The summed E-state index contributed by atoms with van der Waals surface area (Å²) in [6, 6.07) is 8.38. The predicted molar refractivity (Wildman–Crippen MR) is 74.1 cm³/mol. The summed E-state index contributed by atoms with van der Waals surface area (Å²) in [5.74, 6) is 0. The quantitative estimate of drug-likeness (QED) is 0.692. The molecule has 0 saturated heterocycles. The third-order valence-corrected chi connectivity index (χ3v) is 3.50. The van der Waals surface area contributed by atoms with Crippen molar-refractivity contribution in [3.63, 3.8) is 0 Å². The van der Waals surface area contributed by atoms with E-state index in [1.54, 1.807) is 0 Å². The van der Waals surface area contributed by atoms with Crippen LogP contribution in [0.1, 0.15) is 64.0 Å². The smallest absolute Gasteiger partial charge is 0.0868 e. The number of aliphatic hydroxyl groups is 1. The molecule has 0 aliphatic carbocycles. The molecule has 1 aromatic rings. The molecule has 1 nitrogen and oxygen atoms in total. The molecule has 0 aliphatic rings. The minimum atomic E-state index is -0.667. The molecule has 96 valence electrons. The maximum absolute atomic E-state index is 10.4. The molecule has 0 spiro atoms. The topological polar surface area (TPSA) is 20.2 Å². The molecule has 0 radical (unpaired) electrons. The summed E-state index contributed by atoms with van der Waals surface area (Å²) in [6.45, 7) is 6.29. The van der Waals surface area contributed by atoms with Gasteiger partial charge in [0.25, 0.3) is 0 Å². The zero-order valence-corrected chi connectivity index (χ0v) is 11.5. The first-order chi connectivity index (χ1) is 8.10. The third-order valence-electron chi connectivity index (χ3n) is 3.50. The highest BCUT2D eigenvalue weighted by Gasteiger charge is 2.21. The van der Waals surface area contributed by atoms with Crippen molar-refractivity contribution in [2.24, 2.45) is 0 Å². The van der Waals surface area contributed by atoms with E-state index in [9.17, 15) is 5.11 Å². The fourth-order valence-corrected chi connectivity index (χ4v) is 2.14. The average Bonchev–Trinajstić information content (AvgIpc) is 2.35. The van der Waals surface area contributed by atoms with Crippen molar-refractivity contribution in [2.45, 2.75) is 64.9 Å². The van der Waals surface area contributed by atoms with Crippen LogP contribution in [-0.4, -0.2) is 5.11 Å². The zero-order chi connectivity index (χ0) is 12.7. The first-order valence-corrected chi connectivity index (χ1v) is 6.92. The molecule has 17 heavy (non-hydrogen) atoms. The first-order valence-electron chi connectivity index (χ1n) is 6.92. The van der Waals surface area contributed by atoms with Crippen molar-refractivity contribution < 1.29 is 5.11 Å². The van der Waals surface area contributed by atoms with Crippen LogP contribution in [-0.2, 0) is 12.0 Å². The Morgan fingerprint density at radius 1 is 1.00 bits per heavy atom. The van der Waals surface area contributed by atoms with Crippen LogP contribution >= 0.6 is 0 Å². The minimum absolute atomic E-state index is 0.667. The van der Waals surface area contributed by atoms with E-state index in [2.05, 4.69) is 38.1 Å². The Hall–Kier alpha value is -0.820. The average molecular weight is 234 g/mol. The van der Waals surface area contributed by atoms with Gasteiger partial charge >= 0.3 is 0 Å². The van der Waals surface area contributed by atoms with Gasteiger partial charge in [-0.2, -0.15) is 0 Å². The lowest BCUT2D eigenvalue weighted by molar-refractivity contribution is 0.0448. The number of hydrogen-bond acceptors (Lipinski definition) is 1. The minimum Gasteiger partial charge on any atom is -0.385 e.